The Balaban J connectivity index is 1.65. The summed E-state index contributed by atoms with van der Waals surface area (Å²) in [4.78, 5) is 0. The van der Waals surface area contributed by atoms with E-state index in [1.165, 1.54) is 75.1 Å². The number of benzene rings is 2. The van der Waals surface area contributed by atoms with E-state index < -0.39 is 11.6 Å². The van der Waals surface area contributed by atoms with Crippen LogP contribution in [-0.4, -0.2) is 0 Å². The van der Waals surface area contributed by atoms with Gasteiger partial charge in [0, 0.05) is 11.1 Å². The SMILES string of the molecule is C=Cc1cc(F)c(-c2ccc([C@H]3CC[C@H](CCCCC)CC3)cc2)cc1F. The lowest BCUT2D eigenvalue weighted by molar-refractivity contribution is 0.303. The van der Waals surface area contributed by atoms with Gasteiger partial charge in [0.25, 0.3) is 0 Å². The fourth-order valence-corrected chi connectivity index (χ4v) is 4.34. The Morgan fingerprint density at radius 2 is 1.67 bits per heavy atom. The number of halogens is 2. The highest BCUT2D eigenvalue weighted by Crippen LogP contribution is 2.38. The molecule has 0 bridgehead atoms. The Kier molecular flexibility index (Phi) is 6.82. The molecule has 2 aromatic carbocycles. The van der Waals surface area contributed by atoms with Crippen molar-refractivity contribution in [2.45, 2.75) is 64.2 Å². The van der Waals surface area contributed by atoms with Gasteiger partial charge in [0.1, 0.15) is 11.6 Å². The van der Waals surface area contributed by atoms with Crippen LogP contribution >= 0.6 is 0 Å². The Morgan fingerprint density at radius 3 is 2.30 bits per heavy atom. The van der Waals surface area contributed by atoms with Crippen molar-refractivity contribution in [3.05, 3.63) is 65.7 Å². The normalized spacial score (nSPS) is 19.8. The van der Waals surface area contributed by atoms with Crippen molar-refractivity contribution in [1.82, 2.24) is 0 Å². The number of rotatable bonds is 7. The molecule has 2 aromatic rings. The van der Waals surface area contributed by atoms with Gasteiger partial charge in [-0.2, -0.15) is 0 Å². The van der Waals surface area contributed by atoms with Crippen molar-refractivity contribution in [3.63, 3.8) is 0 Å². The molecule has 2 heteroatoms. The van der Waals surface area contributed by atoms with Crippen LogP contribution in [0.3, 0.4) is 0 Å². The van der Waals surface area contributed by atoms with Gasteiger partial charge in [-0.3, -0.25) is 0 Å². The molecule has 0 heterocycles. The van der Waals surface area contributed by atoms with E-state index in [0.29, 0.717) is 11.5 Å². The first kappa shape index (κ1) is 19.8. The van der Waals surface area contributed by atoms with E-state index in [9.17, 15) is 8.78 Å². The summed E-state index contributed by atoms with van der Waals surface area (Å²) in [6.07, 6.45) is 11.9. The van der Waals surface area contributed by atoms with Gasteiger partial charge in [-0.1, -0.05) is 69.5 Å². The maximum atomic E-state index is 14.3. The molecule has 0 aliphatic heterocycles. The third-order valence-corrected chi connectivity index (χ3v) is 6.06. The van der Waals surface area contributed by atoms with Crippen molar-refractivity contribution in [1.29, 1.82) is 0 Å². The molecule has 0 saturated heterocycles. The van der Waals surface area contributed by atoms with Crippen LogP contribution in [0.4, 0.5) is 8.78 Å². The Bertz CT molecular complexity index is 753. The van der Waals surface area contributed by atoms with Crippen LogP contribution in [0.5, 0.6) is 0 Å². The first-order valence-corrected chi connectivity index (χ1v) is 10.3. The minimum absolute atomic E-state index is 0.198. The van der Waals surface area contributed by atoms with Crippen LogP contribution in [0.2, 0.25) is 0 Å². The number of hydrogen-bond acceptors (Lipinski definition) is 0. The molecular formula is C25H30F2. The second kappa shape index (κ2) is 9.30. The molecule has 0 N–H and O–H groups in total. The van der Waals surface area contributed by atoms with Crippen molar-refractivity contribution in [2.24, 2.45) is 5.92 Å². The van der Waals surface area contributed by atoms with Crippen molar-refractivity contribution in [3.8, 4) is 11.1 Å². The molecule has 1 aliphatic rings. The molecule has 1 fully saturated rings. The summed E-state index contributed by atoms with van der Waals surface area (Å²) in [5.41, 5.74) is 2.56. The second-order valence-electron chi connectivity index (χ2n) is 7.89. The van der Waals surface area contributed by atoms with Crippen molar-refractivity contribution >= 4 is 6.08 Å². The summed E-state index contributed by atoms with van der Waals surface area (Å²) in [7, 11) is 0. The van der Waals surface area contributed by atoms with E-state index in [-0.39, 0.29) is 5.56 Å². The summed E-state index contributed by atoms with van der Waals surface area (Å²) in [6.45, 7) is 5.78. The van der Waals surface area contributed by atoms with Crippen molar-refractivity contribution in [2.75, 3.05) is 0 Å². The van der Waals surface area contributed by atoms with Gasteiger partial charge in [0.05, 0.1) is 0 Å². The maximum Gasteiger partial charge on any atom is 0.131 e. The highest BCUT2D eigenvalue weighted by Gasteiger charge is 2.22. The zero-order chi connectivity index (χ0) is 19.2. The summed E-state index contributed by atoms with van der Waals surface area (Å²) in [6, 6.07) is 10.5. The van der Waals surface area contributed by atoms with E-state index in [1.807, 2.05) is 12.1 Å². The fourth-order valence-electron chi connectivity index (χ4n) is 4.34. The lowest BCUT2D eigenvalue weighted by Crippen LogP contribution is -2.13. The summed E-state index contributed by atoms with van der Waals surface area (Å²) >= 11 is 0. The molecular weight excluding hydrogens is 338 g/mol. The van der Waals surface area contributed by atoms with Crippen LogP contribution < -0.4 is 0 Å². The number of hydrogen-bond donors (Lipinski definition) is 0. The summed E-state index contributed by atoms with van der Waals surface area (Å²) < 4.78 is 28.3. The van der Waals surface area contributed by atoms with Gasteiger partial charge in [-0.05, 0) is 60.8 Å². The predicted molar refractivity (Wildman–Crippen MR) is 111 cm³/mol. The molecule has 0 aromatic heterocycles. The highest BCUT2D eigenvalue weighted by atomic mass is 19.1. The van der Waals surface area contributed by atoms with E-state index >= 15 is 0 Å². The third-order valence-electron chi connectivity index (χ3n) is 6.06. The Morgan fingerprint density at radius 1 is 0.963 bits per heavy atom. The second-order valence-corrected chi connectivity index (χ2v) is 7.89. The molecule has 3 rings (SSSR count). The summed E-state index contributed by atoms with van der Waals surface area (Å²) in [5.74, 6) is 0.650. The van der Waals surface area contributed by atoms with Crippen LogP contribution in [0.25, 0.3) is 17.2 Å². The van der Waals surface area contributed by atoms with Gasteiger partial charge in [-0.25, -0.2) is 8.78 Å². The quantitative estimate of drug-likeness (QED) is 0.433. The van der Waals surface area contributed by atoms with Crippen LogP contribution in [-0.2, 0) is 0 Å². The smallest absolute Gasteiger partial charge is 0.131 e. The fraction of sp³-hybridized carbons (Fsp3) is 0.440. The van der Waals surface area contributed by atoms with Crippen LogP contribution in [0.15, 0.2) is 43.0 Å². The van der Waals surface area contributed by atoms with Crippen LogP contribution in [0, 0.1) is 17.6 Å². The lowest BCUT2D eigenvalue weighted by atomic mass is 9.77. The molecule has 1 saturated carbocycles. The minimum Gasteiger partial charge on any atom is -0.206 e. The van der Waals surface area contributed by atoms with Gasteiger partial charge < -0.3 is 0 Å². The first-order chi connectivity index (χ1) is 13.1. The van der Waals surface area contributed by atoms with E-state index in [0.717, 1.165) is 11.5 Å². The lowest BCUT2D eigenvalue weighted by Gasteiger charge is -2.29. The van der Waals surface area contributed by atoms with E-state index in [1.54, 1.807) is 0 Å². The van der Waals surface area contributed by atoms with Crippen LogP contribution in [0.1, 0.15) is 75.3 Å². The topological polar surface area (TPSA) is 0 Å². The minimum atomic E-state index is -0.438. The molecule has 0 nitrogen and oxygen atoms in total. The average Bonchev–Trinajstić information content (AvgIpc) is 2.70. The van der Waals surface area contributed by atoms with Gasteiger partial charge >= 0.3 is 0 Å². The molecule has 0 unspecified atom stereocenters. The zero-order valence-corrected chi connectivity index (χ0v) is 16.3. The first-order valence-electron chi connectivity index (χ1n) is 10.3. The third kappa shape index (κ3) is 4.86. The van der Waals surface area contributed by atoms with Gasteiger partial charge in [0.2, 0.25) is 0 Å². The molecule has 0 atom stereocenters. The van der Waals surface area contributed by atoms with E-state index in [4.69, 9.17) is 0 Å². The zero-order valence-electron chi connectivity index (χ0n) is 16.3. The van der Waals surface area contributed by atoms with Gasteiger partial charge in [-0.15, -0.1) is 0 Å². The number of unbranched alkanes of at least 4 members (excludes halogenated alkanes) is 2. The molecule has 0 spiro atoms. The average molecular weight is 369 g/mol. The highest BCUT2D eigenvalue weighted by molar-refractivity contribution is 5.67. The molecule has 1 aliphatic carbocycles. The van der Waals surface area contributed by atoms with Crippen molar-refractivity contribution < 1.29 is 8.78 Å². The largest absolute Gasteiger partial charge is 0.206 e. The molecule has 0 amide bonds. The monoisotopic (exact) mass is 368 g/mol. The summed E-state index contributed by atoms with van der Waals surface area (Å²) in [5, 5.41) is 0. The molecule has 0 radical (unpaired) electrons. The molecule has 27 heavy (non-hydrogen) atoms. The Hall–Kier alpha value is -1.96. The predicted octanol–water partition coefficient (Wildman–Crippen LogP) is 8.13. The standard InChI is InChI=1S/C25H30F2/c1-3-5-6-7-18-8-10-20(11-9-18)21-12-14-22(15-13-21)23-17-24(26)19(4-2)16-25(23)27/h4,12-18,20H,2-3,5-11H2,1H3/t18-,20-. The maximum absolute atomic E-state index is 14.3. The Labute approximate surface area is 162 Å². The van der Waals surface area contributed by atoms with E-state index in [2.05, 4.69) is 25.6 Å². The molecule has 144 valence electrons. The van der Waals surface area contributed by atoms with Gasteiger partial charge in [0.15, 0.2) is 0 Å².